The molecule has 0 radical (unpaired) electrons. The molecular formula is C20H23N3O. The molecule has 4 heteroatoms. The first kappa shape index (κ1) is 15.2. The Hall–Kier alpha value is -2.33. The van der Waals surface area contributed by atoms with Crippen molar-refractivity contribution >= 4 is 11.0 Å². The number of aromatic amines is 1. The molecule has 1 aliphatic heterocycles. The van der Waals surface area contributed by atoms with E-state index in [9.17, 15) is 0 Å². The van der Waals surface area contributed by atoms with Gasteiger partial charge in [0, 0.05) is 6.54 Å². The quantitative estimate of drug-likeness (QED) is 0.769. The molecule has 3 aromatic rings. The number of nitrogens with one attached hydrogen (secondary N) is 1. The summed E-state index contributed by atoms with van der Waals surface area (Å²) in [6.07, 6.45) is 4.00. The van der Waals surface area contributed by atoms with Crippen molar-refractivity contribution < 1.29 is 4.74 Å². The van der Waals surface area contributed by atoms with Gasteiger partial charge in [-0.1, -0.05) is 30.7 Å². The molecule has 1 saturated heterocycles. The molecule has 124 valence electrons. The molecule has 1 N–H and O–H groups in total. The van der Waals surface area contributed by atoms with Crippen LogP contribution in [-0.2, 0) is 0 Å². The van der Waals surface area contributed by atoms with Gasteiger partial charge in [-0.25, -0.2) is 4.98 Å². The molecular weight excluding hydrogens is 298 g/mol. The zero-order valence-corrected chi connectivity index (χ0v) is 13.9. The molecule has 4 nitrogen and oxygen atoms in total. The summed E-state index contributed by atoms with van der Waals surface area (Å²) in [5, 5.41) is 0. The lowest BCUT2D eigenvalue weighted by Gasteiger charge is -2.26. The fourth-order valence-corrected chi connectivity index (χ4v) is 3.34. The predicted molar refractivity (Wildman–Crippen MR) is 97.3 cm³/mol. The Morgan fingerprint density at radius 3 is 2.62 bits per heavy atom. The maximum Gasteiger partial charge on any atom is 0.142 e. The monoisotopic (exact) mass is 321 g/mol. The third-order valence-corrected chi connectivity index (χ3v) is 4.65. The zero-order chi connectivity index (χ0) is 16.2. The van der Waals surface area contributed by atoms with Gasteiger partial charge in [0.05, 0.1) is 16.6 Å². The Balaban J connectivity index is 1.49. The van der Waals surface area contributed by atoms with E-state index in [1.54, 1.807) is 0 Å². The third-order valence-electron chi connectivity index (χ3n) is 4.65. The number of nitrogens with zero attached hydrogens (tertiary/aromatic N) is 2. The number of fused-ring (bicyclic) bond motifs is 1. The molecule has 2 heterocycles. The first-order valence-electron chi connectivity index (χ1n) is 8.79. The number of hydrogen-bond donors (Lipinski definition) is 1. The number of aromatic nitrogens is 2. The number of para-hydroxylation sites is 3. The van der Waals surface area contributed by atoms with Crippen molar-refractivity contribution in [2.45, 2.75) is 19.3 Å². The number of rotatable bonds is 5. The number of piperidine rings is 1. The van der Waals surface area contributed by atoms with Crippen LogP contribution in [0.2, 0.25) is 0 Å². The van der Waals surface area contributed by atoms with Crippen LogP contribution in [0.5, 0.6) is 5.75 Å². The average molecular weight is 321 g/mol. The number of benzene rings is 2. The average Bonchev–Trinajstić information content (AvgIpc) is 3.07. The van der Waals surface area contributed by atoms with Gasteiger partial charge in [0.15, 0.2) is 0 Å². The molecule has 1 aromatic heterocycles. The summed E-state index contributed by atoms with van der Waals surface area (Å²) in [4.78, 5) is 10.6. The highest BCUT2D eigenvalue weighted by Gasteiger charge is 2.12. The van der Waals surface area contributed by atoms with Crippen molar-refractivity contribution in [3.05, 3.63) is 48.5 Å². The Kier molecular flexibility index (Phi) is 4.47. The molecule has 4 rings (SSSR count). The number of hydrogen-bond acceptors (Lipinski definition) is 3. The Labute approximate surface area is 142 Å². The Morgan fingerprint density at radius 1 is 0.958 bits per heavy atom. The van der Waals surface area contributed by atoms with Gasteiger partial charge in [-0.15, -0.1) is 0 Å². The smallest absolute Gasteiger partial charge is 0.142 e. The number of ether oxygens (including phenoxy) is 1. The summed E-state index contributed by atoms with van der Waals surface area (Å²) in [7, 11) is 0. The van der Waals surface area contributed by atoms with E-state index in [0.29, 0.717) is 0 Å². The van der Waals surface area contributed by atoms with Gasteiger partial charge >= 0.3 is 0 Å². The van der Waals surface area contributed by atoms with E-state index < -0.39 is 0 Å². The fraction of sp³-hybridized carbons (Fsp3) is 0.350. The minimum Gasteiger partial charge on any atom is -0.491 e. The normalized spacial score (nSPS) is 15.7. The van der Waals surface area contributed by atoms with Gasteiger partial charge < -0.3 is 9.72 Å². The van der Waals surface area contributed by atoms with Crippen molar-refractivity contribution in [2.75, 3.05) is 26.2 Å². The van der Waals surface area contributed by atoms with E-state index >= 15 is 0 Å². The molecule has 0 bridgehead atoms. The van der Waals surface area contributed by atoms with E-state index in [-0.39, 0.29) is 0 Å². The zero-order valence-electron chi connectivity index (χ0n) is 13.9. The predicted octanol–water partition coefficient (Wildman–Crippen LogP) is 4.09. The van der Waals surface area contributed by atoms with Crippen LogP contribution < -0.4 is 4.74 Å². The molecule has 24 heavy (non-hydrogen) atoms. The van der Waals surface area contributed by atoms with Gasteiger partial charge in [-0.05, 0) is 50.2 Å². The first-order chi connectivity index (χ1) is 11.9. The van der Waals surface area contributed by atoms with Crippen LogP contribution in [0.15, 0.2) is 48.5 Å². The highest BCUT2D eigenvalue weighted by molar-refractivity contribution is 5.80. The van der Waals surface area contributed by atoms with E-state index in [1.807, 2.05) is 42.5 Å². The molecule has 1 fully saturated rings. The molecule has 0 saturated carbocycles. The third kappa shape index (κ3) is 3.29. The lowest BCUT2D eigenvalue weighted by atomic mass is 10.1. The summed E-state index contributed by atoms with van der Waals surface area (Å²) < 4.78 is 6.09. The van der Waals surface area contributed by atoms with Crippen LogP contribution in [0.25, 0.3) is 22.4 Å². The molecule has 0 spiro atoms. The van der Waals surface area contributed by atoms with Gasteiger partial charge in [-0.3, -0.25) is 4.90 Å². The van der Waals surface area contributed by atoms with E-state index in [4.69, 9.17) is 9.72 Å². The summed E-state index contributed by atoms with van der Waals surface area (Å²) >= 11 is 0. The lowest BCUT2D eigenvalue weighted by molar-refractivity contribution is 0.183. The van der Waals surface area contributed by atoms with Crippen molar-refractivity contribution in [3.8, 4) is 17.1 Å². The van der Waals surface area contributed by atoms with Crippen LogP contribution in [0, 0.1) is 0 Å². The maximum atomic E-state index is 6.09. The van der Waals surface area contributed by atoms with Crippen LogP contribution in [0.4, 0.5) is 0 Å². The number of likely N-dealkylation sites (tertiary alicyclic amines) is 1. The van der Waals surface area contributed by atoms with Crippen molar-refractivity contribution in [3.63, 3.8) is 0 Å². The second-order valence-electron chi connectivity index (χ2n) is 6.35. The van der Waals surface area contributed by atoms with E-state index in [2.05, 4.69) is 16.0 Å². The summed E-state index contributed by atoms with van der Waals surface area (Å²) in [5.41, 5.74) is 3.05. The maximum absolute atomic E-state index is 6.09. The van der Waals surface area contributed by atoms with Crippen LogP contribution >= 0.6 is 0 Å². The minimum atomic E-state index is 0.719. The lowest BCUT2D eigenvalue weighted by Crippen LogP contribution is -2.33. The minimum absolute atomic E-state index is 0.719. The van der Waals surface area contributed by atoms with Gasteiger partial charge in [0.1, 0.15) is 18.2 Å². The topological polar surface area (TPSA) is 41.1 Å². The van der Waals surface area contributed by atoms with Gasteiger partial charge in [0.2, 0.25) is 0 Å². The van der Waals surface area contributed by atoms with Crippen molar-refractivity contribution in [1.82, 2.24) is 14.9 Å². The number of imidazole rings is 1. The standard InChI is InChI=1S/C20H23N3O/c1-6-12-23(13-7-1)14-15-24-19-11-5-2-8-16(19)20-21-17-9-3-4-10-18(17)22-20/h2-5,8-11H,1,6-7,12-15H2,(H,21,22). The molecule has 0 amide bonds. The first-order valence-corrected chi connectivity index (χ1v) is 8.79. The summed E-state index contributed by atoms with van der Waals surface area (Å²) in [6.45, 7) is 4.12. The van der Waals surface area contributed by atoms with Gasteiger partial charge in [0.25, 0.3) is 0 Å². The highest BCUT2D eigenvalue weighted by atomic mass is 16.5. The van der Waals surface area contributed by atoms with E-state index in [1.165, 1.54) is 32.4 Å². The summed E-state index contributed by atoms with van der Waals surface area (Å²) in [6, 6.07) is 16.2. The largest absolute Gasteiger partial charge is 0.491 e. The van der Waals surface area contributed by atoms with Crippen LogP contribution in [0.1, 0.15) is 19.3 Å². The van der Waals surface area contributed by atoms with Crippen LogP contribution in [0.3, 0.4) is 0 Å². The molecule has 0 aliphatic carbocycles. The summed E-state index contributed by atoms with van der Waals surface area (Å²) in [5.74, 6) is 1.76. The highest BCUT2D eigenvalue weighted by Crippen LogP contribution is 2.29. The van der Waals surface area contributed by atoms with Crippen molar-refractivity contribution in [1.29, 1.82) is 0 Å². The molecule has 2 aromatic carbocycles. The van der Waals surface area contributed by atoms with Gasteiger partial charge in [-0.2, -0.15) is 0 Å². The second-order valence-corrected chi connectivity index (χ2v) is 6.35. The molecule has 1 aliphatic rings. The number of H-pyrrole nitrogens is 1. The van der Waals surface area contributed by atoms with E-state index in [0.717, 1.165) is 41.3 Å². The fourth-order valence-electron chi connectivity index (χ4n) is 3.34. The SMILES string of the molecule is c1ccc(-c2nc3ccccc3[nH]2)c(OCCN2CCCCC2)c1. The van der Waals surface area contributed by atoms with Crippen LogP contribution in [-0.4, -0.2) is 41.1 Å². The second kappa shape index (κ2) is 7.05. The van der Waals surface area contributed by atoms with Crippen molar-refractivity contribution in [2.24, 2.45) is 0 Å². The molecule has 0 unspecified atom stereocenters. The Morgan fingerprint density at radius 2 is 1.75 bits per heavy atom. The Bertz CT molecular complexity index is 772. The molecule has 0 atom stereocenters.